The maximum atomic E-state index is 10.3. The third-order valence-electron chi connectivity index (χ3n) is 4.89. The first-order valence-corrected chi connectivity index (χ1v) is 9.41. The molecule has 0 radical (unpaired) electrons. The van der Waals surface area contributed by atoms with Gasteiger partial charge in [-0.05, 0) is 31.2 Å². The Balaban J connectivity index is 1.81. The van der Waals surface area contributed by atoms with E-state index in [0.717, 1.165) is 59.6 Å². The summed E-state index contributed by atoms with van der Waals surface area (Å²) in [5, 5.41) is 12.3. The first-order valence-electron chi connectivity index (χ1n) is 8.53. The minimum atomic E-state index is -0.588. The van der Waals surface area contributed by atoms with Crippen molar-refractivity contribution in [2.45, 2.75) is 31.9 Å². The average molecular weight is 345 g/mol. The Bertz CT molecular complexity index is 847. The van der Waals surface area contributed by atoms with Crippen LogP contribution in [0, 0.1) is 0 Å². The zero-order chi connectivity index (χ0) is 16.7. The molecule has 3 aromatic rings. The molecular formula is C17H23N5OS. The lowest BCUT2D eigenvalue weighted by atomic mass is 10.0. The number of imidazole rings is 1. The van der Waals surface area contributed by atoms with Crippen molar-refractivity contribution < 1.29 is 5.11 Å². The maximum Gasteiger partial charge on any atom is 0.138 e. The molecule has 3 aromatic heterocycles. The van der Waals surface area contributed by atoms with Crippen LogP contribution in [0.5, 0.6) is 0 Å². The molecule has 1 aliphatic heterocycles. The van der Waals surface area contributed by atoms with Crippen molar-refractivity contribution in [3.63, 3.8) is 0 Å². The van der Waals surface area contributed by atoms with Gasteiger partial charge < -0.3 is 20.3 Å². The highest BCUT2D eigenvalue weighted by atomic mass is 32.1. The van der Waals surface area contributed by atoms with Gasteiger partial charge in [-0.1, -0.05) is 0 Å². The molecule has 1 saturated heterocycles. The van der Waals surface area contributed by atoms with Crippen molar-refractivity contribution >= 4 is 32.6 Å². The lowest BCUT2D eigenvalue weighted by molar-refractivity contribution is 0.162. The number of pyridine rings is 1. The number of fused-ring (bicyclic) bond motifs is 3. The number of hydrogen-bond donors (Lipinski definition) is 2. The molecule has 0 aromatic carbocycles. The summed E-state index contributed by atoms with van der Waals surface area (Å²) in [4.78, 5) is 11.6. The number of rotatable bonds is 4. The summed E-state index contributed by atoms with van der Waals surface area (Å²) < 4.78 is 3.44. The Morgan fingerprint density at radius 1 is 1.38 bits per heavy atom. The Morgan fingerprint density at radius 3 is 2.88 bits per heavy atom. The van der Waals surface area contributed by atoms with Crippen LogP contribution in [0.4, 0.5) is 0 Å². The molecule has 0 spiro atoms. The van der Waals surface area contributed by atoms with E-state index >= 15 is 0 Å². The first-order chi connectivity index (χ1) is 11.7. The summed E-state index contributed by atoms with van der Waals surface area (Å²) in [6.45, 7) is 5.54. The molecule has 0 amide bonds. The summed E-state index contributed by atoms with van der Waals surface area (Å²) in [6.07, 6.45) is 3.35. The van der Waals surface area contributed by atoms with Crippen LogP contribution in [0.25, 0.3) is 21.3 Å². The fourth-order valence-electron chi connectivity index (χ4n) is 3.74. The third kappa shape index (κ3) is 2.61. The second-order valence-corrected chi connectivity index (χ2v) is 7.42. The van der Waals surface area contributed by atoms with Crippen molar-refractivity contribution in [3.05, 3.63) is 23.5 Å². The van der Waals surface area contributed by atoms with Crippen molar-refractivity contribution in [2.75, 3.05) is 26.2 Å². The molecule has 1 atom stereocenters. The van der Waals surface area contributed by atoms with Gasteiger partial charge in [-0.25, -0.2) is 4.98 Å². The number of nitrogens with zero attached hydrogens (tertiary/aromatic N) is 4. The molecule has 7 heteroatoms. The fraction of sp³-hybridized carbons (Fsp3) is 0.529. The molecule has 128 valence electrons. The van der Waals surface area contributed by atoms with Gasteiger partial charge in [0.15, 0.2) is 0 Å². The summed E-state index contributed by atoms with van der Waals surface area (Å²) in [5.74, 6) is 0.755. The Morgan fingerprint density at radius 2 is 2.17 bits per heavy atom. The average Bonchev–Trinajstić information content (AvgIpc) is 3.19. The SMILES string of the molecule is C[C@@H](O)c1nc2cnc3ccsc3c2n1C1CCN(CCN)CC1. The van der Waals surface area contributed by atoms with E-state index in [4.69, 9.17) is 10.7 Å². The van der Waals surface area contributed by atoms with Gasteiger partial charge in [0.1, 0.15) is 17.4 Å². The van der Waals surface area contributed by atoms with Crippen LogP contribution in [0.15, 0.2) is 17.6 Å². The quantitative estimate of drug-likeness (QED) is 0.758. The normalized spacial score (nSPS) is 18.6. The molecule has 0 bridgehead atoms. The minimum Gasteiger partial charge on any atom is -0.385 e. The van der Waals surface area contributed by atoms with Crippen LogP contribution in [-0.2, 0) is 0 Å². The van der Waals surface area contributed by atoms with Crippen molar-refractivity contribution in [1.82, 2.24) is 19.4 Å². The molecule has 1 fully saturated rings. The summed E-state index contributed by atoms with van der Waals surface area (Å²) >= 11 is 1.70. The molecule has 6 nitrogen and oxygen atoms in total. The number of thiophene rings is 1. The van der Waals surface area contributed by atoms with E-state index in [1.54, 1.807) is 18.3 Å². The monoisotopic (exact) mass is 345 g/mol. The van der Waals surface area contributed by atoms with E-state index in [2.05, 4.69) is 19.8 Å². The van der Waals surface area contributed by atoms with Gasteiger partial charge in [0, 0.05) is 32.2 Å². The fourth-order valence-corrected chi connectivity index (χ4v) is 4.63. The van der Waals surface area contributed by atoms with E-state index in [0.29, 0.717) is 12.6 Å². The van der Waals surface area contributed by atoms with E-state index < -0.39 is 6.10 Å². The number of nitrogens with two attached hydrogens (primary N) is 1. The first kappa shape index (κ1) is 16.0. The van der Waals surface area contributed by atoms with E-state index in [-0.39, 0.29) is 0 Å². The number of aliphatic hydroxyl groups excluding tert-OH is 1. The van der Waals surface area contributed by atoms with Crippen LogP contribution in [0.3, 0.4) is 0 Å². The molecule has 1 aliphatic rings. The molecule has 3 N–H and O–H groups in total. The minimum absolute atomic E-state index is 0.362. The Kier molecular flexibility index (Phi) is 4.26. The summed E-state index contributed by atoms with van der Waals surface area (Å²) in [7, 11) is 0. The van der Waals surface area contributed by atoms with Gasteiger partial charge in [0.2, 0.25) is 0 Å². The van der Waals surface area contributed by atoms with Gasteiger partial charge >= 0.3 is 0 Å². The lowest BCUT2D eigenvalue weighted by Crippen LogP contribution is -2.38. The Labute approximate surface area is 144 Å². The van der Waals surface area contributed by atoms with Gasteiger partial charge in [-0.15, -0.1) is 11.3 Å². The van der Waals surface area contributed by atoms with Gasteiger partial charge in [-0.2, -0.15) is 0 Å². The zero-order valence-electron chi connectivity index (χ0n) is 13.9. The second-order valence-electron chi connectivity index (χ2n) is 6.50. The molecule has 4 rings (SSSR count). The van der Waals surface area contributed by atoms with Crippen molar-refractivity contribution in [3.8, 4) is 0 Å². The van der Waals surface area contributed by atoms with Crippen LogP contribution in [-0.4, -0.2) is 50.7 Å². The van der Waals surface area contributed by atoms with Gasteiger partial charge in [0.25, 0.3) is 0 Å². The second kappa shape index (κ2) is 6.40. The highest BCUT2D eigenvalue weighted by molar-refractivity contribution is 7.18. The lowest BCUT2D eigenvalue weighted by Gasteiger charge is -2.33. The maximum absolute atomic E-state index is 10.3. The largest absolute Gasteiger partial charge is 0.385 e. The molecule has 24 heavy (non-hydrogen) atoms. The van der Waals surface area contributed by atoms with Gasteiger partial charge in [-0.3, -0.25) is 4.98 Å². The summed E-state index contributed by atoms with van der Waals surface area (Å²) in [6, 6.07) is 2.41. The molecule has 0 aliphatic carbocycles. The zero-order valence-corrected chi connectivity index (χ0v) is 14.7. The molecule has 0 unspecified atom stereocenters. The molecule has 0 saturated carbocycles. The third-order valence-corrected chi connectivity index (χ3v) is 5.80. The van der Waals surface area contributed by atoms with E-state index in [1.807, 2.05) is 12.3 Å². The van der Waals surface area contributed by atoms with E-state index in [9.17, 15) is 5.11 Å². The number of aromatic nitrogens is 3. The molecular weight excluding hydrogens is 322 g/mol. The number of likely N-dealkylation sites (tertiary alicyclic amines) is 1. The van der Waals surface area contributed by atoms with Crippen molar-refractivity contribution in [1.29, 1.82) is 0 Å². The number of piperidine rings is 1. The van der Waals surface area contributed by atoms with Crippen LogP contribution in [0.2, 0.25) is 0 Å². The number of aliphatic hydroxyl groups is 1. The highest BCUT2D eigenvalue weighted by Gasteiger charge is 2.27. The Hall–Kier alpha value is -1.54. The van der Waals surface area contributed by atoms with Crippen LogP contribution >= 0.6 is 11.3 Å². The van der Waals surface area contributed by atoms with Crippen LogP contribution < -0.4 is 5.73 Å². The summed E-state index contributed by atoms with van der Waals surface area (Å²) in [5.41, 5.74) is 8.70. The number of hydrogen-bond acceptors (Lipinski definition) is 6. The smallest absolute Gasteiger partial charge is 0.138 e. The van der Waals surface area contributed by atoms with E-state index in [1.165, 1.54) is 0 Å². The highest BCUT2D eigenvalue weighted by Crippen LogP contribution is 2.35. The van der Waals surface area contributed by atoms with Gasteiger partial charge in [0.05, 0.1) is 21.9 Å². The molecule has 4 heterocycles. The van der Waals surface area contributed by atoms with Crippen LogP contribution in [0.1, 0.15) is 37.7 Å². The predicted molar refractivity (Wildman–Crippen MR) is 97.3 cm³/mol. The van der Waals surface area contributed by atoms with Crippen molar-refractivity contribution in [2.24, 2.45) is 5.73 Å². The standard InChI is InChI=1S/C17H23N5OS/c1-11(23)17-20-14-10-19-13-4-9-24-16(13)15(14)22(17)12-2-6-21(7-3-12)8-5-18/h4,9-12,23H,2-3,5-8,18H2,1H3/t11-/m1/s1. The topological polar surface area (TPSA) is 80.2 Å². The predicted octanol–water partition coefficient (Wildman–Crippen LogP) is 2.29.